The first-order valence-electron chi connectivity index (χ1n) is 8.21. The van der Waals surface area contributed by atoms with E-state index in [0.29, 0.717) is 0 Å². The van der Waals surface area contributed by atoms with Crippen LogP contribution in [-0.2, 0) is 0 Å². The van der Waals surface area contributed by atoms with Crippen molar-refractivity contribution in [2.24, 2.45) is 0 Å². The molecule has 0 unspecified atom stereocenters. The van der Waals surface area contributed by atoms with E-state index >= 15 is 0 Å². The van der Waals surface area contributed by atoms with Crippen LogP contribution in [-0.4, -0.2) is 23.0 Å². The quantitative estimate of drug-likeness (QED) is 0.381. The smallest absolute Gasteiger partial charge is 0.0739 e. The van der Waals surface area contributed by atoms with Gasteiger partial charge >= 0.3 is 0 Å². The van der Waals surface area contributed by atoms with E-state index in [1.54, 1.807) is 0 Å². The molecule has 0 aromatic heterocycles. The topological polar surface area (TPSA) is 191 Å². The van der Waals surface area contributed by atoms with Crippen molar-refractivity contribution in [1.29, 1.82) is 0 Å². The molecule has 0 fully saturated rings. The Balaban J connectivity index is -0.000000128. The van der Waals surface area contributed by atoms with E-state index in [2.05, 4.69) is 12.7 Å². The normalized spacial score (nSPS) is 8.45. The molecule has 0 atom stereocenters. The molecule has 0 radical (unpaired) electrons. The van der Waals surface area contributed by atoms with Crippen molar-refractivity contribution in [1.82, 2.24) is 12.3 Å². The minimum atomic E-state index is 0. The van der Waals surface area contributed by atoms with Crippen molar-refractivity contribution in [3.8, 4) is 0 Å². The number of rotatable bonds is 14. The molecule has 0 aromatic rings. The maximum absolute atomic E-state index is 3.88. The molecule has 6 nitrogen and oxygen atoms in total. The van der Waals surface area contributed by atoms with Crippen LogP contribution < -0.4 is 18.0 Å². The third-order valence-corrected chi connectivity index (χ3v) is 3.60. The Morgan fingerprint density at radius 2 is 0.682 bits per heavy atom. The molecule has 0 aliphatic carbocycles. The average molecular weight is 330 g/mol. The molecule has 0 bridgehead atoms. The van der Waals surface area contributed by atoms with Crippen molar-refractivity contribution in [2.75, 3.05) is 6.54 Å². The molecule has 0 aliphatic heterocycles. The summed E-state index contributed by atoms with van der Waals surface area (Å²) in [5, 5.41) is 0. The summed E-state index contributed by atoms with van der Waals surface area (Å²) < 4.78 is 0. The highest BCUT2D eigenvalue weighted by atomic mass is 16.0. The summed E-state index contributed by atoms with van der Waals surface area (Å²) in [6.45, 7) is 3.41. The van der Waals surface area contributed by atoms with Gasteiger partial charge in [-0.25, -0.2) is 0 Å². The fraction of sp³-hybridized carbons (Fsp3) is 1.00. The van der Waals surface area contributed by atoms with E-state index in [1.165, 1.54) is 89.9 Å². The zero-order valence-electron chi connectivity index (χ0n) is 15.7. The van der Waals surface area contributed by atoms with Crippen LogP contribution in [0.1, 0.15) is 96.8 Å². The van der Waals surface area contributed by atoms with Gasteiger partial charge in [-0.15, -0.1) is 0 Å². The SMILES string of the molecule is CCCCCCCCCCCCCCCC[NH3+].[NH4+].[NH4+].[OH-].[OH-].[OH-]. The van der Waals surface area contributed by atoms with Gasteiger partial charge in [0.15, 0.2) is 0 Å². The maximum Gasteiger partial charge on any atom is 0.0739 e. The van der Waals surface area contributed by atoms with Gasteiger partial charge in [0.25, 0.3) is 0 Å². The molecule has 0 amide bonds. The Kier molecular flexibility index (Phi) is 63.9. The number of hydrogen-bond acceptors (Lipinski definition) is 3. The number of unbranched alkanes of at least 4 members (excludes halogenated alkanes) is 13. The second kappa shape index (κ2) is 37.2. The van der Waals surface area contributed by atoms with Crippen molar-refractivity contribution >= 4 is 0 Å². The van der Waals surface area contributed by atoms with Crippen LogP contribution in [0.4, 0.5) is 0 Å². The summed E-state index contributed by atoms with van der Waals surface area (Å²) in [5.41, 5.74) is 3.88. The van der Waals surface area contributed by atoms with Crippen molar-refractivity contribution in [3.63, 3.8) is 0 Å². The summed E-state index contributed by atoms with van der Waals surface area (Å²) in [5.74, 6) is 0. The summed E-state index contributed by atoms with van der Waals surface area (Å²) in [6.07, 6.45) is 20.2. The average Bonchev–Trinajstić information content (AvgIpc) is 2.35. The monoisotopic (exact) mass is 329 g/mol. The van der Waals surface area contributed by atoms with E-state index in [0.717, 1.165) is 6.54 Å². The third kappa shape index (κ3) is 36.7. The van der Waals surface area contributed by atoms with Crippen LogP contribution in [0, 0.1) is 0 Å². The summed E-state index contributed by atoms with van der Waals surface area (Å²) >= 11 is 0. The zero-order valence-corrected chi connectivity index (χ0v) is 15.7. The van der Waals surface area contributed by atoms with Gasteiger partial charge in [0.05, 0.1) is 6.54 Å². The van der Waals surface area contributed by atoms with Gasteiger partial charge in [-0.3, -0.25) is 0 Å². The molecular formula is C16H47N3O3. The van der Waals surface area contributed by atoms with Crippen molar-refractivity contribution in [2.45, 2.75) is 96.8 Å². The summed E-state index contributed by atoms with van der Waals surface area (Å²) in [6, 6.07) is 0. The highest BCUT2D eigenvalue weighted by molar-refractivity contribution is 4.48. The van der Waals surface area contributed by atoms with Crippen molar-refractivity contribution in [3.05, 3.63) is 0 Å². The van der Waals surface area contributed by atoms with Crippen LogP contribution in [0.25, 0.3) is 0 Å². The fourth-order valence-corrected chi connectivity index (χ4v) is 2.37. The standard InChI is InChI=1S/C16H35N.2H3N.3H2O/c1-2-3-4-5-6-7-8-9-10-11-12-13-14-15-16-17;;;;;/h2-17H2,1H3;2*1H3;3*1H2. The summed E-state index contributed by atoms with van der Waals surface area (Å²) in [7, 11) is 0. The molecule has 6 heteroatoms. The highest BCUT2D eigenvalue weighted by Crippen LogP contribution is 2.12. The lowest BCUT2D eigenvalue weighted by Crippen LogP contribution is -2.50. The van der Waals surface area contributed by atoms with Crippen LogP contribution in [0.2, 0.25) is 0 Å². The highest BCUT2D eigenvalue weighted by Gasteiger charge is 1.93. The molecule has 144 valence electrons. The molecule has 14 N–H and O–H groups in total. The van der Waals surface area contributed by atoms with Crippen LogP contribution >= 0.6 is 0 Å². The molecular weight excluding hydrogens is 282 g/mol. The lowest BCUT2D eigenvalue weighted by molar-refractivity contribution is -0.368. The molecule has 0 rings (SSSR count). The van der Waals surface area contributed by atoms with Gasteiger partial charge in [-0.05, 0) is 12.8 Å². The first-order valence-corrected chi connectivity index (χ1v) is 8.21. The first kappa shape index (κ1) is 37.8. The van der Waals surface area contributed by atoms with Gasteiger partial charge in [0.2, 0.25) is 0 Å². The Morgan fingerprint density at radius 1 is 0.455 bits per heavy atom. The van der Waals surface area contributed by atoms with Crippen LogP contribution in [0.5, 0.6) is 0 Å². The van der Waals surface area contributed by atoms with Gasteiger partial charge in [0.1, 0.15) is 0 Å². The van der Waals surface area contributed by atoms with Crippen LogP contribution in [0.3, 0.4) is 0 Å². The number of hydrogen-bond donors (Lipinski definition) is 3. The molecule has 22 heavy (non-hydrogen) atoms. The van der Waals surface area contributed by atoms with Gasteiger partial charge in [0, 0.05) is 0 Å². The van der Waals surface area contributed by atoms with Crippen molar-refractivity contribution < 1.29 is 22.2 Å². The zero-order chi connectivity index (χ0) is 12.6. The molecule has 0 saturated carbocycles. The Bertz CT molecular complexity index is 128. The lowest BCUT2D eigenvalue weighted by atomic mass is 10.0. The second-order valence-corrected chi connectivity index (χ2v) is 5.45. The predicted octanol–water partition coefficient (Wildman–Crippen LogP) is 4.93. The minimum absolute atomic E-state index is 0. The van der Waals surface area contributed by atoms with Gasteiger partial charge in [-0.2, -0.15) is 0 Å². The van der Waals surface area contributed by atoms with E-state index in [4.69, 9.17) is 0 Å². The Labute approximate surface area is 138 Å². The van der Waals surface area contributed by atoms with Gasteiger partial charge in [-0.1, -0.05) is 84.0 Å². The Hall–Kier alpha value is -0.240. The second-order valence-electron chi connectivity index (χ2n) is 5.45. The van der Waals surface area contributed by atoms with E-state index in [9.17, 15) is 0 Å². The summed E-state index contributed by atoms with van der Waals surface area (Å²) in [4.78, 5) is 0. The third-order valence-electron chi connectivity index (χ3n) is 3.60. The predicted molar refractivity (Wildman–Crippen MR) is 95.8 cm³/mol. The first-order chi connectivity index (χ1) is 8.41. The molecule has 0 aromatic carbocycles. The number of quaternary nitrogens is 3. The minimum Gasteiger partial charge on any atom is -0.870 e. The fourth-order valence-electron chi connectivity index (χ4n) is 2.37. The van der Waals surface area contributed by atoms with E-state index < -0.39 is 0 Å². The molecule has 0 aliphatic rings. The molecule has 0 spiro atoms. The maximum atomic E-state index is 3.88. The van der Waals surface area contributed by atoms with E-state index in [1.807, 2.05) is 0 Å². The lowest BCUT2D eigenvalue weighted by Gasteiger charge is -2.02. The van der Waals surface area contributed by atoms with Gasteiger partial charge < -0.3 is 34.5 Å². The largest absolute Gasteiger partial charge is 0.870 e. The molecule has 0 heterocycles. The Morgan fingerprint density at radius 3 is 0.909 bits per heavy atom. The van der Waals surface area contributed by atoms with Crippen LogP contribution in [0.15, 0.2) is 0 Å². The molecule has 0 saturated heterocycles. The van der Waals surface area contributed by atoms with E-state index in [-0.39, 0.29) is 28.7 Å².